The monoisotopic (exact) mass is 1820 g/mol. The Labute approximate surface area is 740 Å². The van der Waals surface area contributed by atoms with Crippen LogP contribution in [-0.4, -0.2) is 256 Å². The molecule has 696 valence electrons. The number of amides is 15. The summed E-state index contributed by atoms with van der Waals surface area (Å²) < 4.78 is 27.4. The highest BCUT2D eigenvalue weighted by Gasteiger charge is 2.44. The number of carbonyl (C=O) groups is 15. The van der Waals surface area contributed by atoms with Crippen molar-refractivity contribution >= 4 is 137 Å². The Morgan fingerprint density at radius 3 is 1.81 bits per heavy atom. The number of aliphatic hydroxyl groups excluding tert-OH is 2. The first-order valence-electron chi connectivity index (χ1n) is 42.9. The van der Waals surface area contributed by atoms with E-state index < -0.39 is 222 Å². The number of rotatable bonds is 51. The van der Waals surface area contributed by atoms with Crippen LogP contribution in [-0.2, 0) is 101 Å². The Kier molecular flexibility index (Phi) is 45.7. The molecule has 126 heavy (non-hydrogen) atoms. The number of fused-ring (bicyclic) bond motifs is 2. The summed E-state index contributed by atoms with van der Waals surface area (Å²) in [5.74, 6) is -15.9. The van der Waals surface area contributed by atoms with Gasteiger partial charge in [0.15, 0.2) is 5.96 Å². The van der Waals surface area contributed by atoms with Crippen molar-refractivity contribution in [1.29, 1.82) is 5.41 Å². The second-order valence-electron chi connectivity index (χ2n) is 31.3. The highest BCUT2D eigenvalue weighted by molar-refractivity contribution is 8.76. The van der Waals surface area contributed by atoms with E-state index >= 15 is 4.79 Å². The van der Waals surface area contributed by atoms with Crippen LogP contribution in [0.4, 0.5) is 0 Å². The van der Waals surface area contributed by atoms with Crippen molar-refractivity contribution in [2.24, 2.45) is 22.9 Å². The van der Waals surface area contributed by atoms with Gasteiger partial charge in [0, 0.05) is 99.4 Å². The topological polar surface area (TPSA) is 663 Å². The number of aromatic nitrogens is 3. The van der Waals surface area contributed by atoms with Gasteiger partial charge in [-0.1, -0.05) is 174 Å². The highest BCUT2D eigenvalue weighted by Crippen LogP contribution is 2.28. The van der Waals surface area contributed by atoms with Gasteiger partial charge < -0.3 is 112 Å². The number of unbranched alkanes of at least 4 members (excludes halogenated alkanes) is 13. The van der Waals surface area contributed by atoms with Crippen molar-refractivity contribution in [2.45, 2.75) is 260 Å². The van der Waals surface area contributed by atoms with Gasteiger partial charge in [-0.05, 0) is 55.7 Å². The predicted octanol–water partition coefficient (Wildman–Crippen LogP) is -1.90. The second-order valence-corrected chi connectivity index (χ2v) is 35.7. The number of nitrogens with two attached hydrogens (primary N) is 4. The fraction of sp³-hybridized carbons (Fsp3) is 0.598. The molecule has 4 aromatic rings. The first-order chi connectivity index (χ1) is 60.3. The van der Waals surface area contributed by atoms with Gasteiger partial charge in [0.1, 0.15) is 66.5 Å². The second kappa shape index (κ2) is 55.5. The van der Waals surface area contributed by atoms with E-state index in [1.807, 2.05) is 4.72 Å². The van der Waals surface area contributed by atoms with Crippen LogP contribution in [0.1, 0.15) is 185 Å². The van der Waals surface area contributed by atoms with E-state index in [1.165, 1.54) is 57.5 Å². The number of para-hydroxylation sites is 1. The molecule has 0 aliphatic carbocycles. The summed E-state index contributed by atoms with van der Waals surface area (Å²) in [5, 5.41) is 60.6. The maximum absolute atomic E-state index is 15.3. The number of aliphatic hydroxyl groups is 2. The standard InChI is InChI=1S/C82H126N22O19S3/c1-3-5-7-8-9-10-11-12-13-14-15-16-20-31-69(109)103-126(122,123)36-24-32-68(108)91-44-70(110)93-63(46-105)79(119)96-58(33-34-67(84)107)74(114)98-61(39-52-43-88-49-92-52)77(117)100-62(41-83)78(118)95-56(28-6-4-2)73(113)102-65-48-125-124-47-64(71(85)111)101-76(116)60(38-51-42-90-55-29-22-21-27-54(51)55)97-72(112)57(30-23-35-89-82(86)87)94-75(115)59(37-50-25-18-17-19-26-50)99-80(120)66-40-53(106)45-104(66)81(65)121/h17-19,21-22,25-27,29,42-43,49,53,56-66,90,105-106H,3-16,20,23-24,28,30-41,44-48,83H2,1-2H3,(H2,84,107)(H2,85,111)(H,88,92)(H,91,108)(H,93,110)(H,94,115)(H,95,118)(H,96,119)(H,97,112)(H,98,114)(H,99,120)(H,100,117)(H,101,116)(H,102,113)(H,103,109)(H4,86,87,89)/t53-,56+,57+,58-,59-,60+,61+,62+,63+,64+,65+,66+/m1/s1. The molecule has 12 atom stereocenters. The molecule has 2 aromatic carbocycles. The number of nitrogens with one attached hydrogen (secondary N) is 16. The van der Waals surface area contributed by atoms with Crippen molar-refractivity contribution < 1.29 is 90.5 Å². The van der Waals surface area contributed by atoms with E-state index in [4.69, 9.17) is 28.3 Å². The third-order valence-corrected chi connectivity index (χ3v) is 24.9. The van der Waals surface area contributed by atoms with E-state index in [9.17, 15) is 85.8 Å². The van der Waals surface area contributed by atoms with E-state index in [0.717, 1.165) is 58.6 Å². The number of H-pyrrole nitrogens is 2. The smallest absolute Gasteiger partial charge is 0.246 e. The summed E-state index contributed by atoms with van der Waals surface area (Å²) >= 11 is 0. The zero-order valence-electron chi connectivity index (χ0n) is 71.4. The molecule has 0 spiro atoms. The van der Waals surface area contributed by atoms with Crippen LogP contribution in [0.2, 0.25) is 0 Å². The lowest BCUT2D eigenvalue weighted by molar-refractivity contribution is -0.142. The third-order valence-electron chi connectivity index (χ3n) is 21.1. The molecule has 15 amide bonds. The Balaban J connectivity index is 1.14. The summed E-state index contributed by atoms with van der Waals surface area (Å²) in [6.45, 7) is 1.07. The van der Waals surface area contributed by atoms with Crippen LogP contribution in [0.5, 0.6) is 0 Å². The average molecular weight is 1820 g/mol. The molecule has 2 saturated heterocycles. The van der Waals surface area contributed by atoms with Crippen LogP contribution in [0.25, 0.3) is 10.9 Å². The molecule has 26 N–H and O–H groups in total. The van der Waals surface area contributed by atoms with Crippen molar-refractivity contribution in [3.63, 3.8) is 0 Å². The number of nitrogens with zero attached hydrogens (tertiary/aromatic N) is 2. The molecule has 0 radical (unpaired) electrons. The molecule has 44 heteroatoms. The molecule has 2 aliphatic rings. The van der Waals surface area contributed by atoms with Crippen molar-refractivity contribution in [2.75, 3.05) is 50.0 Å². The lowest BCUT2D eigenvalue weighted by Gasteiger charge is -2.31. The summed E-state index contributed by atoms with van der Waals surface area (Å²) in [6.07, 6.45) is 15.0. The van der Waals surface area contributed by atoms with Gasteiger partial charge in [-0.25, -0.2) is 13.4 Å². The molecule has 0 bridgehead atoms. The molecule has 2 aliphatic heterocycles. The zero-order valence-corrected chi connectivity index (χ0v) is 73.8. The summed E-state index contributed by atoms with van der Waals surface area (Å²) in [7, 11) is -2.25. The first-order valence-corrected chi connectivity index (χ1v) is 47.0. The van der Waals surface area contributed by atoms with Crippen LogP contribution in [0, 0.1) is 5.41 Å². The fourth-order valence-electron chi connectivity index (χ4n) is 14.1. The van der Waals surface area contributed by atoms with Gasteiger partial charge in [-0.2, -0.15) is 0 Å². The molecule has 2 fully saturated rings. The van der Waals surface area contributed by atoms with Crippen LogP contribution < -0.4 is 91.5 Å². The van der Waals surface area contributed by atoms with Crippen LogP contribution in [0.3, 0.4) is 0 Å². The fourth-order valence-corrected chi connectivity index (χ4v) is 17.5. The molecular weight excluding hydrogens is 1690 g/mol. The Bertz CT molecular complexity index is 4380. The number of aromatic amines is 2. The zero-order chi connectivity index (χ0) is 92.1. The number of hydrogen-bond acceptors (Lipinski definition) is 24. The van der Waals surface area contributed by atoms with Crippen LogP contribution >= 0.6 is 21.6 Å². The van der Waals surface area contributed by atoms with Crippen LogP contribution in [0.15, 0.2) is 73.3 Å². The molecule has 0 unspecified atom stereocenters. The number of sulfonamides is 1. The van der Waals surface area contributed by atoms with E-state index in [2.05, 4.69) is 85.7 Å². The van der Waals surface area contributed by atoms with Gasteiger partial charge in [-0.3, -0.25) is 82.0 Å². The number of guanidine groups is 1. The number of carbonyl (C=O) groups excluding carboxylic acids is 15. The maximum atomic E-state index is 15.3. The number of imidazole rings is 1. The molecule has 6 rings (SSSR count). The SMILES string of the molecule is CCCCCCCCCCCCCCCC(=O)NS(=O)(=O)CCCC(=O)NCC(=O)N[C@@H](CO)C(=O)N[C@H](CCC(N)=O)C(=O)N[C@@H](Cc1c[nH]cn1)C(=O)N[C@@H](CN)C(=O)N[C@@H](CCCC)C(=O)N[C@H]1CSSC[C@@H](C(N)=O)NC(=O)[C@H](Cc2c[nH]c3ccccc23)NC(=O)[C@H](CCCNC(=N)N)NC(=O)[C@@H](Cc2ccccc2)NC(=O)[C@@H]2C[C@@H](O)CN2C1=O. The minimum atomic E-state index is -4.10. The minimum absolute atomic E-state index is 0.0181. The predicted molar refractivity (Wildman–Crippen MR) is 472 cm³/mol. The van der Waals surface area contributed by atoms with Gasteiger partial charge in [0.05, 0.1) is 37.0 Å². The normalized spacial score (nSPS) is 19.1. The van der Waals surface area contributed by atoms with Crippen molar-refractivity contribution in [3.8, 4) is 0 Å². The highest BCUT2D eigenvalue weighted by atomic mass is 33.1. The summed E-state index contributed by atoms with van der Waals surface area (Å²) in [6, 6.07) is -1.79. The summed E-state index contributed by atoms with van der Waals surface area (Å²) in [4.78, 5) is 221. The summed E-state index contributed by atoms with van der Waals surface area (Å²) in [5.41, 5.74) is 25.1. The van der Waals surface area contributed by atoms with Gasteiger partial charge in [-0.15, -0.1) is 0 Å². The average Bonchev–Trinajstić information content (AvgIpc) is 1.65. The lowest BCUT2D eigenvalue weighted by Crippen LogP contribution is -2.62. The van der Waals surface area contributed by atoms with Gasteiger partial charge >= 0.3 is 0 Å². The Morgan fingerprint density at radius 1 is 0.595 bits per heavy atom. The molecule has 41 nitrogen and oxygen atoms in total. The molecule has 4 heterocycles. The van der Waals surface area contributed by atoms with E-state index in [1.54, 1.807) is 67.7 Å². The molecule has 0 saturated carbocycles. The quantitative estimate of drug-likeness (QED) is 0.00994. The molecule has 2 aromatic heterocycles. The van der Waals surface area contributed by atoms with Crippen molar-refractivity contribution in [3.05, 3.63) is 90.1 Å². The largest absolute Gasteiger partial charge is 0.394 e. The van der Waals surface area contributed by atoms with Crippen molar-refractivity contribution in [1.82, 2.24) is 88.4 Å². The molecular formula is C82H126N22O19S3. The third kappa shape index (κ3) is 37.3. The van der Waals surface area contributed by atoms with Gasteiger partial charge in [0.25, 0.3) is 0 Å². The maximum Gasteiger partial charge on any atom is 0.246 e. The number of primary amides is 2. The van der Waals surface area contributed by atoms with E-state index in [0.29, 0.717) is 34.9 Å². The minimum Gasteiger partial charge on any atom is -0.394 e. The first kappa shape index (κ1) is 104. The van der Waals surface area contributed by atoms with E-state index in [-0.39, 0.29) is 93.9 Å². The lowest BCUT2D eigenvalue weighted by atomic mass is 10.0. The Hall–Kier alpha value is -11.0. The van der Waals surface area contributed by atoms with Gasteiger partial charge in [0.2, 0.25) is 98.6 Å². The number of benzene rings is 2. The number of hydrogen-bond donors (Lipinski definition) is 22. The Morgan fingerprint density at radius 2 is 1.17 bits per heavy atom.